The van der Waals surface area contributed by atoms with Crippen LogP contribution in [0.5, 0.6) is 0 Å². The first-order valence-corrected chi connectivity index (χ1v) is 14.4. The van der Waals surface area contributed by atoms with E-state index in [9.17, 15) is 18.0 Å². The molecular weight excluding hydrogens is 498 g/mol. The van der Waals surface area contributed by atoms with Gasteiger partial charge < -0.3 is 10.2 Å². The molecule has 7 nitrogen and oxygen atoms in total. The van der Waals surface area contributed by atoms with Gasteiger partial charge in [0.2, 0.25) is 11.8 Å². The first-order valence-electron chi connectivity index (χ1n) is 12.9. The van der Waals surface area contributed by atoms with E-state index in [1.165, 1.54) is 17.0 Å². The summed E-state index contributed by atoms with van der Waals surface area (Å²) in [5.41, 5.74) is 3.08. The van der Waals surface area contributed by atoms with Crippen LogP contribution in [-0.2, 0) is 26.2 Å². The number of benzene rings is 3. The molecule has 0 aliphatic carbocycles. The Morgan fingerprint density at radius 3 is 2.11 bits per heavy atom. The van der Waals surface area contributed by atoms with Crippen molar-refractivity contribution in [3.8, 4) is 0 Å². The molecule has 0 heterocycles. The van der Waals surface area contributed by atoms with Crippen LogP contribution < -0.4 is 9.62 Å². The van der Waals surface area contributed by atoms with Crippen molar-refractivity contribution in [1.82, 2.24) is 10.2 Å². The summed E-state index contributed by atoms with van der Waals surface area (Å²) in [7, 11) is -4.07. The van der Waals surface area contributed by atoms with Crippen molar-refractivity contribution in [2.24, 2.45) is 0 Å². The normalized spacial score (nSPS) is 12.0. The lowest BCUT2D eigenvalue weighted by Gasteiger charge is -2.33. The Bertz CT molecular complexity index is 1330. The molecule has 0 unspecified atom stereocenters. The lowest BCUT2D eigenvalue weighted by Crippen LogP contribution is -2.52. The van der Waals surface area contributed by atoms with Crippen LogP contribution in [0.1, 0.15) is 43.4 Å². The summed E-state index contributed by atoms with van der Waals surface area (Å²) in [6.45, 7) is 7.85. The molecule has 0 aromatic heterocycles. The van der Waals surface area contributed by atoms with Gasteiger partial charge in [-0.2, -0.15) is 0 Å². The number of carbonyl (C=O) groups is 2. The van der Waals surface area contributed by atoms with Gasteiger partial charge in [0.25, 0.3) is 10.0 Å². The Balaban J connectivity index is 2.04. The SMILES string of the molecule is CCCNC(=O)[C@H](CC)N(Cc1ccc(C)cc1)C(=O)CN(c1ccccc1C)S(=O)(=O)c1ccccc1. The topological polar surface area (TPSA) is 86.8 Å². The number of sulfonamides is 1. The van der Waals surface area contributed by atoms with Crippen LogP contribution in [-0.4, -0.2) is 44.3 Å². The fraction of sp³-hybridized carbons (Fsp3) is 0.333. The number of amides is 2. The van der Waals surface area contributed by atoms with Crippen LogP contribution in [0.25, 0.3) is 0 Å². The monoisotopic (exact) mass is 535 g/mol. The fourth-order valence-electron chi connectivity index (χ4n) is 4.25. The van der Waals surface area contributed by atoms with E-state index >= 15 is 0 Å². The van der Waals surface area contributed by atoms with Gasteiger partial charge >= 0.3 is 0 Å². The second-order valence-electron chi connectivity index (χ2n) is 9.33. The second kappa shape index (κ2) is 13.2. The summed E-state index contributed by atoms with van der Waals surface area (Å²) >= 11 is 0. The van der Waals surface area contributed by atoms with Gasteiger partial charge in [0.1, 0.15) is 12.6 Å². The van der Waals surface area contributed by atoms with Gasteiger partial charge in [-0.25, -0.2) is 8.42 Å². The summed E-state index contributed by atoms with van der Waals surface area (Å²) in [5, 5.41) is 2.90. The zero-order valence-corrected chi connectivity index (χ0v) is 23.4. The van der Waals surface area contributed by atoms with Crippen molar-refractivity contribution in [3.63, 3.8) is 0 Å². The molecule has 0 saturated carbocycles. The van der Waals surface area contributed by atoms with Gasteiger partial charge in [-0.15, -0.1) is 0 Å². The second-order valence-corrected chi connectivity index (χ2v) is 11.2. The van der Waals surface area contributed by atoms with E-state index in [4.69, 9.17) is 0 Å². The average Bonchev–Trinajstić information content (AvgIpc) is 2.92. The number of para-hydroxylation sites is 1. The van der Waals surface area contributed by atoms with Crippen LogP contribution in [0.3, 0.4) is 0 Å². The standard InChI is InChI=1S/C30H37N3O4S/c1-5-20-31-30(35)27(6-2)32(21-25-18-16-23(3)17-19-25)29(34)22-33(28-15-11-10-12-24(28)4)38(36,37)26-13-8-7-9-14-26/h7-19,27H,5-6,20-22H2,1-4H3,(H,31,35)/t27-/m0/s1. The minimum absolute atomic E-state index is 0.0915. The van der Waals surface area contributed by atoms with E-state index in [-0.39, 0.29) is 17.3 Å². The average molecular weight is 536 g/mol. The predicted molar refractivity (Wildman–Crippen MR) is 151 cm³/mol. The lowest BCUT2D eigenvalue weighted by molar-refractivity contribution is -0.140. The Morgan fingerprint density at radius 2 is 1.50 bits per heavy atom. The largest absolute Gasteiger partial charge is 0.354 e. The minimum Gasteiger partial charge on any atom is -0.354 e. The van der Waals surface area contributed by atoms with E-state index in [1.54, 1.807) is 30.3 Å². The third-order valence-electron chi connectivity index (χ3n) is 6.40. The summed E-state index contributed by atoms with van der Waals surface area (Å²) in [6, 6.07) is 22.2. The van der Waals surface area contributed by atoms with Gasteiger partial charge in [-0.05, 0) is 56.0 Å². The summed E-state index contributed by atoms with van der Waals surface area (Å²) < 4.78 is 28.8. The maximum absolute atomic E-state index is 14.0. The quantitative estimate of drug-likeness (QED) is 0.360. The number of anilines is 1. The van der Waals surface area contributed by atoms with Crippen LogP contribution >= 0.6 is 0 Å². The van der Waals surface area contributed by atoms with Gasteiger partial charge in [0.15, 0.2) is 0 Å². The molecule has 3 rings (SSSR count). The highest BCUT2D eigenvalue weighted by atomic mass is 32.2. The van der Waals surface area contributed by atoms with Crippen molar-refractivity contribution in [2.75, 3.05) is 17.4 Å². The zero-order chi connectivity index (χ0) is 27.7. The number of aryl methyl sites for hydroxylation is 2. The maximum atomic E-state index is 14.0. The number of nitrogens with one attached hydrogen (secondary N) is 1. The number of hydrogen-bond donors (Lipinski definition) is 1. The molecule has 2 amide bonds. The van der Waals surface area contributed by atoms with Crippen molar-refractivity contribution >= 4 is 27.5 Å². The third-order valence-corrected chi connectivity index (χ3v) is 8.18. The molecule has 0 saturated heterocycles. The predicted octanol–water partition coefficient (Wildman–Crippen LogP) is 4.83. The molecule has 1 N–H and O–H groups in total. The molecule has 0 bridgehead atoms. The van der Waals surface area contributed by atoms with Crippen molar-refractivity contribution in [1.29, 1.82) is 0 Å². The molecule has 0 aliphatic rings. The van der Waals surface area contributed by atoms with E-state index in [2.05, 4.69) is 5.32 Å². The molecular formula is C30H37N3O4S. The molecule has 3 aromatic rings. The van der Waals surface area contributed by atoms with E-state index in [0.29, 0.717) is 18.7 Å². The van der Waals surface area contributed by atoms with Gasteiger partial charge in [0.05, 0.1) is 10.6 Å². The molecule has 1 atom stereocenters. The summed E-state index contributed by atoms with van der Waals surface area (Å²) in [6.07, 6.45) is 1.16. The Morgan fingerprint density at radius 1 is 0.868 bits per heavy atom. The van der Waals surface area contributed by atoms with Gasteiger partial charge in [0, 0.05) is 13.1 Å². The smallest absolute Gasteiger partial charge is 0.264 e. The number of nitrogens with zero attached hydrogens (tertiary/aromatic N) is 2. The van der Waals surface area contributed by atoms with Gasteiger partial charge in [-0.1, -0.05) is 80.1 Å². The zero-order valence-electron chi connectivity index (χ0n) is 22.6. The molecule has 0 aliphatic heterocycles. The highest BCUT2D eigenvalue weighted by Crippen LogP contribution is 2.27. The molecule has 3 aromatic carbocycles. The van der Waals surface area contributed by atoms with Gasteiger partial charge in [-0.3, -0.25) is 13.9 Å². The van der Waals surface area contributed by atoms with E-state index in [0.717, 1.165) is 27.4 Å². The van der Waals surface area contributed by atoms with Crippen molar-refractivity contribution in [2.45, 2.75) is 58.0 Å². The first kappa shape index (κ1) is 28.9. The maximum Gasteiger partial charge on any atom is 0.264 e. The first-order chi connectivity index (χ1) is 18.2. The van der Waals surface area contributed by atoms with Crippen LogP contribution in [0, 0.1) is 13.8 Å². The Kier molecular flexibility index (Phi) is 10.1. The molecule has 0 fully saturated rings. The number of carbonyl (C=O) groups excluding carboxylic acids is 2. The summed E-state index contributed by atoms with van der Waals surface area (Å²) in [5.74, 6) is -0.699. The summed E-state index contributed by atoms with van der Waals surface area (Å²) in [4.78, 5) is 28.7. The highest BCUT2D eigenvalue weighted by molar-refractivity contribution is 7.92. The van der Waals surface area contributed by atoms with Crippen molar-refractivity contribution < 1.29 is 18.0 Å². The minimum atomic E-state index is -4.07. The molecule has 8 heteroatoms. The Hall–Kier alpha value is -3.65. The van der Waals surface area contributed by atoms with Crippen molar-refractivity contribution in [3.05, 3.63) is 95.6 Å². The molecule has 0 spiro atoms. The highest BCUT2D eigenvalue weighted by Gasteiger charge is 2.34. The number of rotatable bonds is 12. The van der Waals surface area contributed by atoms with Crippen LogP contribution in [0.15, 0.2) is 83.8 Å². The van der Waals surface area contributed by atoms with E-state index < -0.39 is 28.5 Å². The van der Waals surface area contributed by atoms with Crippen LogP contribution in [0.2, 0.25) is 0 Å². The third kappa shape index (κ3) is 7.01. The fourth-order valence-corrected chi connectivity index (χ4v) is 5.75. The van der Waals surface area contributed by atoms with Crippen LogP contribution in [0.4, 0.5) is 5.69 Å². The Labute approximate surface area is 226 Å². The number of hydrogen-bond acceptors (Lipinski definition) is 4. The molecule has 38 heavy (non-hydrogen) atoms. The molecule has 202 valence electrons. The lowest BCUT2D eigenvalue weighted by atomic mass is 10.1. The molecule has 0 radical (unpaired) electrons. The van der Waals surface area contributed by atoms with E-state index in [1.807, 2.05) is 64.1 Å².